The average Bonchev–Trinajstić information content (AvgIpc) is 3.04. The lowest BCUT2D eigenvalue weighted by Gasteiger charge is -2.34. The molecule has 24 heavy (non-hydrogen) atoms. The first-order valence-corrected chi connectivity index (χ1v) is 11.5. The van der Waals surface area contributed by atoms with Gasteiger partial charge in [0.2, 0.25) is 11.8 Å². The van der Waals surface area contributed by atoms with E-state index in [9.17, 15) is 9.59 Å². The number of rotatable bonds is 8. The first kappa shape index (κ1) is 19.9. The zero-order valence-electron chi connectivity index (χ0n) is 15.0. The minimum absolute atomic E-state index is 0.0766. The van der Waals surface area contributed by atoms with Gasteiger partial charge in [0.15, 0.2) is 0 Å². The Balaban J connectivity index is 1.55. The van der Waals surface area contributed by atoms with E-state index in [-0.39, 0.29) is 17.9 Å². The van der Waals surface area contributed by atoms with Gasteiger partial charge in [-0.1, -0.05) is 28.0 Å². The molecule has 0 aliphatic carbocycles. The molecule has 138 valence electrons. The Labute approximate surface area is 154 Å². The summed E-state index contributed by atoms with van der Waals surface area (Å²) in [5.74, 6) is 1.65. The number of amides is 2. The van der Waals surface area contributed by atoms with Crippen LogP contribution in [0, 0.1) is 0 Å². The van der Waals surface area contributed by atoms with Gasteiger partial charge in [0, 0.05) is 49.6 Å². The lowest BCUT2D eigenvalue weighted by Crippen LogP contribution is -2.51. The summed E-state index contributed by atoms with van der Waals surface area (Å²) in [4.78, 5) is 28.2. The van der Waals surface area contributed by atoms with E-state index in [1.54, 1.807) is 0 Å². The number of carbonyl (C=O) groups excluding carboxylic acids is 2. The molecule has 5 nitrogen and oxygen atoms in total. The van der Waals surface area contributed by atoms with Crippen LogP contribution >= 0.6 is 21.6 Å². The summed E-state index contributed by atoms with van der Waals surface area (Å²) >= 11 is 0. The molecule has 0 aromatic carbocycles. The van der Waals surface area contributed by atoms with Gasteiger partial charge in [0.05, 0.1) is 6.54 Å². The molecular formula is C17H31N3O2S2. The zero-order valence-corrected chi connectivity index (χ0v) is 16.6. The second-order valence-corrected chi connectivity index (χ2v) is 9.74. The van der Waals surface area contributed by atoms with Crippen LogP contribution in [0.2, 0.25) is 0 Å². The molecule has 7 heteroatoms. The number of hydrogen-bond donors (Lipinski definition) is 1. The molecule has 0 aromatic rings. The Hall–Kier alpha value is -0.400. The van der Waals surface area contributed by atoms with E-state index >= 15 is 0 Å². The van der Waals surface area contributed by atoms with Gasteiger partial charge in [-0.2, -0.15) is 0 Å². The van der Waals surface area contributed by atoms with Crippen molar-refractivity contribution in [2.75, 3.05) is 38.5 Å². The maximum atomic E-state index is 12.3. The Morgan fingerprint density at radius 2 is 1.92 bits per heavy atom. The Kier molecular flexibility index (Phi) is 8.76. The molecule has 1 atom stereocenters. The summed E-state index contributed by atoms with van der Waals surface area (Å²) in [5, 5.41) is 3.73. The summed E-state index contributed by atoms with van der Waals surface area (Å²) in [6, 6.07) is 0.182. The van der Waals surface area contributed by atoms with E-state index in [0.717, 1.165) is 37.8 Å². The molecule has 0 spiro atoms. The molecule has 0 saturated carbocycles. The third-order valence-electron chi connectivity index (χ3n) is 4.44. The van der Waals surface area contributed by atoms with Gasteiger partial charge in [-0.05, 0) is 33.1 Å². The molecule has 0 bridgehead atoms. The van der Waals surface area contributed by atoms with Crippen molar-refractivity contribution in [3.63, 3.8) is 0 Å². The lowest BCUT2D eigenvalue weighted by atomic mass is 10.1. The first-order valence-electron chi connectivity index (χ1n) is 9.12. The highest BCUT2D eigenvalue weighted by Crippen LogP contribution is 2.39. The molecule has 2 aliphatic heterocycles. The fourth-order valence-corrected chi connectivity index (χ4v) is 6.12. The van der Waals surface area contributed by atoms with Gasteiger partial charge in [0.1, 0.15) is 0 Å². The molecular weight excluding hydrogens is 342 g/mol. The van der Waals surface area contributed by atoms with Crippen molar-refractivity contribution in [2.24, 2.45) is 0 Å². The maximum absolute atomic E-state index is 12.3. The molecule has 0 radical (unpaired) electrons. The van der Waals surface area contributed by atoms with Crippen molar-refractivity contribution < 1.29 is 9.59 Å². The lowest BCUT2D eigenvalue weighted by molar-refractivity contribution is -0.133. The van der Waals surface area contributed by atoms with E-state index in [2.05, 4.69) is 10.2 Å². The largest absolute Gasteiger partial charge is 0.353 e. The standard InChI is InChI=1S/C17H31N3O2S2/c1-14(2)18-16(21)13-19-8-10-20(11-9-19)17(22)6-4-3-5-15-7-12-23-24-15/h14-15H,3-13H2,1-2H3,(H,18,21). The van der Waals surface area contributed by atoms with Crippen LogP contribution in [0.4, 0.5) is 0 Å². The van der Waals surface area contributed by atoms with E-state index in [4.69, 9.17) is 0 Å². The van der Waals surface area contributed by atoms with Gasteiger partial charge in [-0.25, -0.2) is 0 Å². The molecule has 2 fully saturated rings. The predicted octanol–water partition coefficient (Wildman–Crippen LogP) is 2.37. The molecule has 2 aliphatic rings. The molecule has 2 saturated heterocycles. The van der Waals surface area contributed by atoms with Crippen LogP contribution < -0.4 is 5.32 Å². The van der Waals surface area contributed by atoms with Gasteiger partial charge in [0.25, 0.3) is 0 Å². The van der Waals surface area contributed by atoms with Gasteiger partial charge < -0.3 is 10.2 Å². The number of hydrogen-bond acceptors (Lipinski definition) is 5. The van der Waals surface area contributed by atoms with Crippen LogP contribution in [-0.4, -0.2) is 71.4 Å². The second kappa shape index (κ2) is 10.6. The highest BCUT2D eigenvalue weighted by molar-refractivity contribution is 8.77. The highest BCUT2D eigenvalue weighted by atomic mass is 33.1. The number of nitrogens with zero attached hydrogens (tertiary/aromatic N) is 2. The monoisotopic (exact) mass is 373 g/mol. The second-order valence-electron chi connectivity index (χ2n) is 6.95. The van der Waals surface area contributed by atoms with Crippen molar-refractivity contribution in [3.05, 3.63) is 0 Å². The van der Waals surface area contributed by atoms with Crippen molar-refractivity contribution in [2.45, 2.75) is 57.2 Å². The fourth-order valence-electron chi connectivity index (χ4n) is 3.10. The molecule has 1 unspecified atom stereocenters. The van der Waals surface area contributed by atoms with Crippen LogP contribution in [0.15, 0.2) is 0 Å². The van der Waals surface area contributed by atoms with E-state index in [1.165, 1.54) is 25.0 Å². The molecule has 2 amide bonds. The third kappa shape index (κ3) is 7.23. The number of carbonyl (C=O) groups is 2. The minimum atomic E-state index is 0.0766. The summed E-state index contributed by atoms with van der Waals surface area (Å²) in [6.45, 7) is 7.49. The quantitative estimate of drug-likeness (QED) is 0.523. The smallest absolute Gasteiger partial charge is 0.234 e. The van der Waals surface area contributed by atoms with Crippen LogP contribution in [0.25, 0.3) is 0 Å². The van der Waals surface area contributed by atoms with Gasteiger partial charge >= 0.3 is 0 Å². The van der Waals surface area contributed by atoms with E-state index < -0.39 is 0 Å². The van der Waals surface area contributed by atoms with E-state index in [1.807, 2.05) is 40.3 Å². The summed E-state index contributed by atoms with van der Waals surface area (Å²) in [6.07, 6.45) is 5.44. The molecule has 2 heterocycles. The SMILES string of the molecule is CC(C)NC(=O)CN1CCN(C(=O)CCCCC2CCSS2)CC1. The van der Waals surface area contributed by atoms with E-state index in [0.29, 0.717) is 13.0 Å². The van der Waals surface area contributed by atoms with Crippen LogP contribution in [0.5, 0.6) is 0 Å². The number of nitrogens with one attached hydrogen (secondary N) is 1. The van der Waals surface area contributed by atoms with Crippen LogP contribution in [0.1, 0.15) is 46.0 Å². The van der Waals surface area contributed by atoms with Gasteiger partial charge in [-0.3, -0.25) is 14.5 Å². The fraction of sp³-hybridized carbons (Fsp3) is 0.882. The predicted molar refractivity (Wildman–Crippen MR) is 103 cm³/mol. The topological polar surface area (TPSA) is 52.7 Å². The normalized spacial score (nSPS) is 22.1. The number of piperazine rings is 1. The summed E-state index contributed by atoms with van der Waals surface area (Å²) in [7, 11) is 4.01. The Morgan fingerprint density at radius 3 is 2.54 bits per heavy atom. The number of unbranched alkanes of at least 4 members (excludes halogenated alkanes) is 1. The highest BCUT2D eigenvalue weighted by Gasteiger charge is 2.22. The summed E-state index contributed by atoms with van der Waals surface area (Å²) in [5.41, 5.74) is 0. The van der Waals surface area contributed by atoms with Crippen LogP contribution in [-0.2, 0) is 9.59 Å². The average molecular weight is 374 g/mol. The Bertz CT molecular complexity index is 407. The van der Waals surface area contributed by atoms with Crippen molar-refractivity contribution in [1.29, 1.82) is 0 Å². The molecule has 2 rings (SSSR count). The first-order chi connectivity index (χ1) is 11.5. The molecule has 1 N–H and O–H groups in total. The zero-order chi connectivity index (χ0) is 17.4. The van der Waals surface area contributed by atoms with Crippen LogP contribution in [0.3, 0.4) is 0 Å². The molecule has 0 aromatic heterocycles. The third-order valence-corrected chi connectivity index (χ3v) is 7.44. The summed E-state index contributed by atoms with van der Waals surface area (Å²) < 4.78 is 0. The van der Waals surface area contributed by atoms with Crippen molar-refractivity contribution in [1.82, 2.24) is 15.1 Å². The Morgan fingerprint density at radius 1 is 1.17 bits per heavy atom. The maximum Gasteiger partial charge on any atom is 0.234 e. The van der Waals surface area contributed by atoms with Gasteiger partial charge in [-0.15, -0.1) is 0 Å². The van der Waals surface area contributed by atoms with Crippen molar-refractivity contribution >= 4 is 33.4 Å². The van der Waals surface area contributed by atoms with Crippen molar-refractivity contribution in [3.8, 4) is 0 Å². The minimum Gasteiger partial charge on any atom is -0.353 e.